The van der Waals surface area contributed by atoms with Crippen molar-refractivity contribution in [3.05, 3.63) is 29.8 Å². The molecule has 3 N–H and O–H groups in total. The van der Waals surface area contributed by atoms with Gasteiger partial charge in [-0.15, -0.1) is 0 Å². The first-order valence-corrected chi connectivity index (χ1v) is 7.31. The van der Waals surface area contributed by atoms with Crippen LogP contribution in [-0.4, -0.2) is 24.0 Å². The minimum atomic E-state index is -0.542. The molecular formula is C16H23NO3. The molecule has 4 heteroatoms. The van der Waals surface area contributed by atoms with Gasteiger partial charge in [0.2, 0.25) is 0 Å². The van der Waals surface area contributed by atoms with Crippen LogP contribution in [0.2, 0.25) is 0 Å². The molecule has 1 aromatic rings. The molecule has 2 rings (SSSR count). The maximum absolute atomic E-state index is 11.4. The van der Waals surface area contributed by atoms with Crippen LogP contribution in [0.15, 0.2) is 24.3 Å². The van der Waals surface area contributed by atoms with Gasteiger partial charge in [0.1, 0.15) is 11.5 Å². The Balaban J connectivity index is 1.89. The lowest BCUT2D eigenvalue weighted by Gasteiger charge is -2.21. The van der Waals surface area contributed by atoms with E-state index in [9.17, 15) is 9.90 Å². The van der Waals surface area contributed by atoms with E-state index in [0.29, 0.717) is 37.7 Å². The lowest BCUT2D eigenvalue weighted by Crippen LogP contribution is -2.20. The number of rotatable bonds is 6. The van der Waals surface area contributed by atoms with Gasteiger partial charge in [0.05, 0.1) is 12.7 Å². The molecule has 0 saturated heterocycles. The van der Waals surface area contributed by atoms with Crippen molar-refractivity contribution < 1.29 is 14.6 Å². The Morgan fingerprint density at radius 3 is 3.05 bits per heavy atom. The Kier molecular flexibility index (Phi) is 5.56. The lowest BCUT2D eigenvalue weighted by molar-refractivity contribution is -0.121. The summed E-state index contributed by atoms with van der Waals surface area (Å²) in [5.41, 5.74) is 6.28. The number of hydrogen-bond acceptors (Lipinski definition) is 4. The number of aliphatic hydroxyl groups is 1. The summed E-state index contributed by atoms with van der Waals surface area (Å²) in [7, 11) is 0. The Morgan fingerprint density at radius 1 is 1.45 bits per heavy atom. The van der Waals surface area contributed by atoms with Gasteiger partial charge in [-0.05, 0) is 49.4 Å². The number of benzene rings is 1. The molecule has 20 heavy (non-hydrogen) atoms. The normalized spacial score (nSPS) is 20.7. The highest BCUT2D eigenvalue weighted by atomic mass is 16.5. The molecule has 0 bridgehead atoms. The first-order chi connectivity index (χ1) is 9.69. The number of hydrogen-bond donors (Lipinski definition) is 2. The zero-order valence-corrected chi connectivity index (χ0v) is 11.8. The summed E-state index contributed by atoms with van der Waals surface area (Å²) in [5.74, 6) is 1.42. The fraction of sp³-hybridized carbons (Fsp3) is 0.562. The second kappa shape index (κ2) is 7.41. The molecule has 1 saturated carbocycles. The molecule has 110 valence electrons. The molecule has 0 aromatic heterocycles. The average Bonchev–Trinajstić information content (AvgIpc) is 2.46. The highest BCUT2D eigenvalue weighted by Gasteiger charge is 2.20. The van der Waals surface area contributed by atoms with Crippen molar-refractivity contribution in [2.24, 2.45) is 11.7 Å². The van der Waals surface area contributed by atoms with Crippen molar-refractivity contribution >= 4 is 5.78 Å². The summed E-state index contributed by atoms with van der Waals surface area (Å²) in [5, 5.41) is 9.92. The Morgan fingerprint density at radius 2 is 2.30 bits per heavy atom. The quantitative estimate of drug-likeness (QED) is 0.836. The Hall–Kier alpha value is -1.39. The molecular weight excluding hydrogens is 254 g/mol. The predicted molar refractivity (Wildman–Crippen MR) is 77.5 cm³/mol. The summed E-state index contributed by atoms with van der Waals surface area (Å²) < 4.78 is 5.77. The molecule has 1 aliphatic carbocycles. The van der Waals surface area contributed by atoms with Crippen LogP contribution in [0.1, 0.15) is 43.8 Å². The van der Waals surface area contributed by atoms with Gasteiger partial charge in [-0.1, -0.05) is 12.1 Å². The molecule has 0 radical (unpaired) electrons. The minimum absolute atomic E-state index is 0.328. The van der Waals surface area contributed by atoms with Crippen LogP contribution in [0.5, 0.6) is 5.75 Å². The van der Waals surface area contributed by atoms with Gasteiger partial charge in [-0.25, -0.2) is 0 Å². The van der Waals surface area contributed by atoms with Gasteiger partial charge in [0.25, 0.3) is 0 Å². The second-order valence-electron chi connectivity index (χ2n) is 5.48. The molecule has 0 aliphatic heterocycles. The lowest BCUT2D eigenvalue weighted by atomic mass is 9.89. The third-order valence-electron chi connectivity index (χ3n) is 3.75. The van der Waals surface area contributed by atoms with Crippen LogP contribution in [0, 0.1) is 5.92 Å². The van der Waals surface area contributed by atoms with Gasteiger partial charge in [-0.2, -0.15) is 0 Å². The van der Waals surface area contributed by atoms with E-state index in [4.69, 9.17) is 10.5 Å². The Bertz CT molecular complexity index is 447. The van der Waals surface area contributed by atoms with E-state index in [1.807, 2.05) is 24.3 Å². The summed E-state index contributed by atoms with van der Waals surface area (Å²) in [6.45, 7) is 1.03. The highest BCUT2D eigenvalue weighted by Crippen LogP contribution is 2.24. The van der Waals surface area contributed by atoms with Crippen LogP contribution < -0.4 is 10.5 Å². The third kappa shape index (κ3) is 4.32. The Labute approximate surface area is 119 Å². The van der Waals surface area contributed by atoms with E-state index in [2.05, 4.69) is 0 Å². The van der Waals surface area contributed by atoms with E-state index >= 15 is 0 Å². The average molecular weight is 277 g/mol. The predicted octanol–water partition coefficient (Wildman–Crippen LogP) is 2.21. The number of Topliss-reactive ketones (excluding diaryl/α,β-unsaturated/α-hetero) is 1. The van der Waals surface area contributed by atoms with Crippen molar-refractivity contribution in [1.29, 1.82) is 0 Å². The van der Waals surface area contributed by atoms with Crippen LogP contribution in [0.3, 0.4) is 0 Å². The van der Waals surface area contributed by atoms with Crippen LogP contribution >= 0.6 is 0 Å². The largest absolute Gasteiger partial charge is 0.493 e. The van der Waals surface area contributed by atoms with Crippen LogP contribution in [0.4, 0.5) is 0 Å². The summed E-state index contributed by atoms with van der Waals surface area (Å²) in [6, 6.07) is 7.47. The smallest absolute Gasteiger partial charge is 0.133 e. The SMILES string of the molecule is NCC[C@@H](O)c1cccc(OCC2CCCC(=O)C2)c1. The molecule has 2 atom stereocenters. The first-order valence-electron chi connectivity index (χ1n) is 7.31. The van der Waals surface area contributed by atoms with E-state index in [1.54, 1.807) is 0 Å². The first kappa shape index (κ1) is 15.0. The van der Waals surface area contributed by atoms with Gasteiger partial charge >= 0.3 is 0 Å². The second-order valence-corrected chi connectivity index (χ2v) is 5.48. The highest BCUT2D eigenvalue weighted by molar-refractivity contribution is 5.79. The van der Waals surface area contributed by atoms with E-state index in [1.165, 1.54) is 0 Å². The number of carbonyl (C=O) groups excluding carboxylic acids is 1. The molecule has 1 aromatic carbocycles. The minimum Gasteiger partial charge on any atom is -0.493 e. The molecule has 0 heterocycles. The topological polar surface area (TPSA) is 72.6 Å². The molecule has 4 nitrogen and oxygen atoms in total. The third-order valence-corrected chi connectivity index (χ3v) is 3.75. The zero-order valence-electron chi connectivity index (χ0n) is 11.8. The fourth-order valence-electron chi connectivity index (χ4n) is 2.61. The fourth-order valence-corrected chi connectivity index (χ4v) is 2.61. The van der Waals surface area contributed by atoms with Crippen molar-refractivity contribution in [1.82, 2.24) is 0 Å². The summed E-state index contributed by atoms with van der Waals surface area (Å²) in [4.78, 5) is 11.4. The molecule has 1 aliphatic rings. The van der Waals surface area contributed by atoms with Gasteiger partial charge in [0, 0.05) is 12.8 Å². The van der Waals surface area contributed by atoms with Crippen LogP contribution in [-0.2, 0) is 4.79 Å². The van der Waals surface area contributed by atoms with E-state index in [0.717, 1.165) is 30.6 Å². The van der Waals surface area contributed by atoms with Gasteiger partial charge in [-0.3, -0.25) is 4.79 Å². The maximum Gasteiger partial charge on any atom is 0.133 e. The van der Waals surface area contributed by atoms with Crippen molar-refractivity contribution in [3.8, 4) is 5.75 Å². The molecule has 1 unspecified atom stereocenters. The monoisotopic (exact) mass is 277 g/mol. The molecule has 0 amide bonds. The van der Waals surface area contributed by atoms with Crippen molar-refractivity contribution in [2.45, 2.75) is 38.2 Å². The molecule has 0 spiro atoms. The van der Waals surface area contributed by atoms with E-state index < -0.39 is 6.10 Å². The maximum atomic E-state index is 11.4. The standard InChI is InChI=1S/C16H23NO3/c17-8-7-16(19)13-4-2-6-15(10-13)20-11-12-3-1-5-14(18)9-12/h2,4,6,10,12,16,19H,1,3,5,7-9,11,17H2/t12?,16-/m1/s1. The van der Waals surface area contributed by atoms with Gasteiger partial charge in [0.15, 0.2) is 0 Å². The number of ketones is 1. The zero-order chi connectivity index (χ0) is 14.4. The number of carbonyl (C=O) groups is 1. The van der Waals surface area contributed by atoms with E-state index in [-0.39, 0.29) is 0 Å². The summed E-state index contributed by atoms with van der Waals surface area (Å²) in [6.07, 6.45) is 3.39. The van der Waals surface area contributed by atoms with Gasteiger partial charge < -0.3 is 15.6 Å². The number of nitrogens with two attached hydrogens (primary N) is 1. The van der Waals surface area contributed by atoms with Crippen molar-refractivity contribution in [2.75, 3.05) is 13.2 Å². The van der Waals surface area contributed by atoms with Crippen molar-refractivity contribution in [3.63, 3.8) is 0 Å². The van der Waals surface area contributed by atoms with Crippen LogP contribution in [0.25, 0.3) is 0 Å². The molecule has 1 fully saturated rings. The number of ether oxygens (including phenoxy) is 1. The number of aliphatic hydroxyl groups excluding tert-OH is 1. The summed E-state index contributed by atoms with van der Waals surface area (Å²) >= 11 is 0.